The topological polar surface area (TPSA) is 68.1 Å². The van der Waals surface area contributed by atoms with Crippen molar-refractivity contribution in [3.8, 4) is 0 Å². The molecule has 1 aromatic carbocycles. The quantitative estimate of drug-likeness (QED) is 0.678. The number of nitrogens with zero attached hydrogens (tertiary/aromatic N) is 2. The number of nitro groups is 1. The van der Waals surface area contributed by atoms with Crippen LogP contribution in [0.5, 0.6) is 0 Å². The van der Waals surface area contributed by atoms with Gasteiger partial charge < -0.3 is 5.32 Å². The molecule has 20 heavy (non-hydrogen) atoms. The van der Waals surface area contributed by atoms with Gasteiger partial charge in [0.2, 0.25) is 0 Å². The fraction of sp³-hybridized carbons (Fsp3) is 0.154. The van der Waals surface area contributed by atoms with Crippen LogP contribution in [0.15, 0.2) is 36.5 Å². The predicted octanol–water partition coefficient (Wildman–Crippen LogP) is 3.44. The van der Waals surface area contributed by atoms with Crippen LogP contribution in [0.25, 0.3) is 0 Å². The first kappa shape index (κ1) is 14.2. The molecule has 0 atom stereocenters. The Hall–Kier alpha value is -2.21. The smallest absolute Gasteiger partial charge is 0.269 e. The predicted molar refractivity (Wildman–Crippen MR) is 74.5 cm³/mol. The van der Waals surface area contributed by atoms with Crippen molar-refractivity contribution in [1.82, 2.24) is 4.98 Å². The lowest BCUT2D eigenvalue weighted by atomic mass is 10.1. The summed E-state index contributed by atoms with van der Waals surface area (Å²) >= 11 is 5.60. The minimum Gasteiger partial charge on any atom is -0.367 e. The van der Waals surface area contributed by atoms with E-state index in [9.17, 15) is 14.5 Å². The highest BCUT2D eigenvalue weighted by atomic mass is 35.5. The summed E-state index contributed by atoms with van der Waals surface area (Å²) in [5, 5.41) is 13.6. The molecule has 0 spiro atoms. The Labute approximate surface area is 119 Å². The maximum atomic E-state index is 13.4. The second-order valence-electron chi connectivity index (χ2n) is 4.08. The summed E-state index contributed by atoms with van der Waals surface area (Å²) in [5.74, 6) is -0.377. The summed E-state index contributed by atoms with van der Waals surface area (Å²) in [4.78, 5) is 13.9. The Morgan fingerprint density at radius 1 is 1.35 bits per heavy atom. The largest absolute Gasteiger partial charge is 0.367 e. The maximum Gasteiger partial charge on any atom is 0.269 e. The second kappa shape index (κ2) is 6.29. The van der Waals surface area contributed by atoms with E-state index < -0.39 is 10.7 Å². The molecule has 0 amide bonds. The minimum absolute atomic E-state index is 0.0483. The van der Waals surface area contributed by atoms with E-state index in [1.807, 2.05) is 0 Å². The number of hydrogen-bond acceptors (Lipinski definition) is 4. The molecule has 1 heterocycles. The average Bonchev–Trinajstić information content (AvgIpc) is 2.42. The van der Waals surface area contributed by atoms with E-state index in [4.69, 9.17) is 11.6 Å². The molecule has 0 saturated carbocycles. The van der Waals surface area contributed by atoms with Gasteiger partial charge in [0.1, 0.15) is 0 Å². The number of pyridine rings is 1. The summed E-state index contributed by atoms with van der Waals surface area (Å²) in [6, 6.07) is 7.41. The number of anilines is 1. The first-order valence-corrected chi connectivity index (χ1v) is 6.22. The van der Waals surface area contributed by atoms with Gasteiger partial charge >= 0.3 is 0 Å². The highest BCUT2D eigenvalue weighted by molar-refractivity contribution is 6.30. The molecule has 7 heteroatoms. The Morgan fingerprint density at radius 3 is 2.65 bits per heavy atom. The van der Waals surface area contributed by atoms with Crippen LogP contribution in [-0.4, -0.2) is 16.5 Å². The average molecular weight is 296 g/mol. The molecule has 1 N–H and O–H groups in total. The van der Waals surface area contributed by atoms with E-state index in [1.54, 1.807) is 12.1 Å². The summed E-state index contributed by atoms with van der Waals surface area (Å²) in [6.07, 6.45) is 1.96. The molecule has 0 unspecified atom stereocenters. The van der Waals surface area contributed by atoms with Crippen LogP contribution in [-0.2, 0) is 6.42 Å². The van der Waals surface area contributed by atoms with Crippen molar-refractivity contribution in [2.75, 3.05) is 11.9 Å². The van der Waals surface area contributed by atoms with Gasteiger partial charge in [-0.3, -0.25) is 10.1 Å². The molecular weight excluding hydrogens is 285 g/mol. The Morgan fingerprint density at radius 2 is 2.05 bits per heavy atom. The number of halogens is 2. The fourth-order valence-electron chi connectivity index (χ4n) is 1.65. The number of benzene rings is 1. The van der Waals surface area contributed by atoms with E-state index in [0.29, 0.717) is 13.0 Å². The minimum atomic E-state index is -0.513. The van der Waals surface area contributed by atoms with Crippen LogP contribution in [0, 0.1) is 15.9 Å². The van der Waals surface area contributed by atoms with Gasteiger partial charge in [0.15, 0.2) is 11.6 Å². The van der Waals surface area contributed by atoms with Gasteiger partial charge in [-0.2, -0.15) is 0 Å². The summed E-state index contributed by atoms with van der Waals surface area (Å²) in [7, 11) is 0. The molecule has 0 saturated heterocycles. The molecule has 0 radical (unpaired) electrons. The van der Waals surface area contributed by atoms with E-state index in [0.717, 1.165) is 5.56 Å². The molecule has 0 aliphatic rings. The molecule has 5 nitrogen and oxygen atoms in total. The highest BCUT2D eigenvalue weighted by Gasteiger charge is 2.05. The Bertz CT molecular complexity index is 620. The normalized spacial score (nSPS) is 10.3. The molecule has 0 aliphatic carbocycles. The molecular formula is C13H11ClFN3O2. The lowest BCUT2D eigenvalue weighted by molar-refractivity contribution is -0.384. The first-order valence-electron chi connectivity index (χ1n) is 5.84. The third-order valence-corrected chi connectivity index (χ3v) is 2.87. The molecule has 2 rings (SSSR count). The zero-order valence-corrected chi connectivity index (χ0v) is 11.1. The van der Waals surface area contributed by atoms with Gasteiger partial charge in [-0.15, -0.1) is 0 Å². The third kappa shape index (κ3) is 3.64. The van der Waals surface area contributed by atoms with Gasteiger partial charge in [-0.1, -0.05) is 23.7 Å². The van der Waals surface area contributed by atoms with Gasteiger partial charge in [0, 0.05) is 24.9 Å². The first-order chi connectivity index (χ1) is 9.56. The SMILES string of the molecule is O=[N+]([O-])c1ccc(CCNc2ncc(Cl)cc2F)cc1. The van der Waals surface area contributed by atoms with Crippen molar-refractivity contribution in [2.24, 2.45) is 0 Å². The van der Waals surface area contributed by atoms with E-state index >= 15 is 0 Å². The van der Waals surface area contributed by atoms with Gasteiger partial charge in [0.25, 0.3) is 5.69 Å². The van der Waals surface area contributed by atoms with Crippen molar-refractivity contribution in [3.05, 3.63) is 63.0 Å². The van der Waals surface area contributed by atoms with Gasteiger partial charge in [-0.25, -0.2) is 9.37 Å². The van der Waals surface area contributed by atoms with Crippen LogP contribution in [0.3, 0.4) is 0 Å². The van der Waals surface area contributed by atoms with Gasteiger partial charge in [-0.05, 0) is 18.1 Å². The molecule has 104 valence electrons. The highest BCUT2D eigenvalue weighted by Crippen LogP contribution is 2.16. The number of rotatable bonds is 5. The van der Waals surface area contributed by atoms with Crippen LogP contribution in [0.4, 0.5) is 15.9 Å². The van der Waals surface area contributed by atoms with Crippen molar-refractivity contribution < 1.29 is 9.31 Å². The summed E-state index contributed by atoms with van der Waals surface area (Å²) in [6.45, 7) is 0.462. The number of aromatic nitrogens is 1. The lowest BCUT2D eigenvalue weighted by Gasteiger charge is -2.06. The van der Waals surface area contributed by atoms with Crippen LogP contribution in [0.1, 0.15) is 5.56 Å². The zero-order chi connectivity index (χ0) is 14.5. The number of nitro benzene ring substituents is 1. The number of nitrogens with one attached hydrogen (secondary N) is 1. The van der Waals surface area contributed by atoms with E-state index in [-0.39, 0.29) is 16.5 Å². The van der Waals surface area contributed by atoms with Crippen LogP contribution < -0.4 is 5.32 Å². The number of hydrogen-bond donors (Lipinski definition) is 1. The molecule has 2 aromatic rings. The summed E-state index contributed by atoms with van der Waals surface area (Å²) in [5.41, 5.74) is 0.963. The van der Waals surface area contributed by atoms with E-state index in [1.165, 1.54) is 24.4 Å². The van der Waals surface area contributed by atoms with Crippen LogP contribution in [0.2, 0.25) is 5.02 Å². The maximum absolute atomic E-state index is 13.4. The fourth-order valence-corrected chi connectivity index (χ4v) is 1.80. The molecule has 0 bridgehead atoms. The third-order valence-electron chi connectivity index (χ3n) is 2.66. The lowest BCUT2D eigenvalue weighted by Crippen LogP contribution is -2.07. The monoisotopic (exact) mass is 295 g/mol. The van der Waals surface area contributed by atoms with Crippen molar-refractivity contribution in [3.63, 3.8) is 0 Å². The Kier molecular flexibility index (Phi) is 4.47. The van der Waals surface area contributed by atoms with E-state index in [2.05, 4.69) is 10.3 Å². The molecule has 1 aromatic heterocycles. The van der Waals surface area contributed by atoms with Crippen molar-refractivity contribution in [2.45, 2.75) is 6.42 Å². The van der Waals surface area contributed by atoms with Crippen molar-refractivity contribution >= 4 is 23.1 Å². The van der Waals surface area contributed by atoms with Crippen molar-refractivity contribution in [1.29, 1.82) is 0 Å². The second-order valence-corrected chi connectivity index (χ2v) is 4.52. The van der Waals surface area contributed by atoms with Crippen LogP contribution >= 0.6 is 11.6 Å². The molecule has 0 aliphatic heterocycles. The molecule has 0 fully saturated rings. The summed E-state index contributed by atoms with van der Waals surface area (Å²) < 4.78 is 13.4. The standard InChI is InChI=1S/C13H11ClFN3O2/c14-10-7-12(15)13(17-8-10)16-6-5-9-1-3-11(4-2-9)18(19)20/h1-4,7-8H,5-6H2,(H,16,17). The Balaban J connectivity index is 1.91. The zero-order valence-electron chi connectivity index (χ0n) is 10.3. The number of non-ortho nitro benzene ring substituents is 1. The van der Waals surface area contributed by atoms with Gasteiger partial charge in [0.05, 0.1) is 9.95 Å².